The largest absolute Gasteiger partial charge is 0.481 e. The van der Waals surface area contributed by atoms with Gasteiger partial charge in [0.05, 0.1) is 6.04 Å². The average molecular weight is 452 g/mol. The summed E-state index contributed by atoms with van der Waals surface area (Å²) in [7, 11) is 0. The summed E-state index contributed by atoms with van der Waals surface area (Å²) in [5, 5.41) is 19.6. The van der Waals surface area contributed by atoms with Crippen molar-refractivity contribution in [1.82, 2.24) is 4.90 Å². The lowest BCUT2D eigenvalue weighted by Crippen LogP contribution is -2.32. The number of aryl methyl sites for hydroxylation is 1. The number of hydrogen-bond acceptors (Lipinski definition) is 4. The van der Waals surface area contributed by atoms with Crippen molar-refractivity contribution in [1.29, 1.82) is 0 Å². The Bertz CT molecular complexity index is 970. The fraction of sp³-hybridized carbons (Fsp3) is 0.407. The van der Waals surface area contributed by atoms with Gasteiger partial charge in [-0.2, -0.15) is 0 Å². The maximum atomic E-state index is 12.3. The first-order valence-corrected chi connectivity index (χ1v) is 11.6. The Morgan fingerprint density at radius 2 is 1.94 bits per heavy atom. The predicted molar refractivity (Wildman–Crippen MR) is 127 cm³/mol. The summed E-state index contributed by atoms with van der Waals surface area (Å²) in [6.07, 6.45) is 7.53. The molecule has 0 aromatic heterocycles. The fourth-order valence-corrected chi connectivity index (χ4v) is 4.12. The van der Waals surface area contributed by atoms with Crippen molar-refractivity contribution in [3.05, 3.63) is 71.8 Å². The SMILES string of the molecule is Cc1cccc(Oc2ccccc2C(O)C=CC2CCC(=O)N2CCCCCCC(=O)O)c1. The molecule has 1 heterocycles. The van der Waals surface area contributed by atoms with E-state index in [1.807, 2.05) is 66.4 Å². The van der Waals surface area contributed by atoms with E-state index in [1.54, 1.807) is 6.08 Å². The average Bonchev–Trinajstić information content (AvgIpc) is 3.14. The predicted octanol–water partition coefficient (Wildman–Crippen LogP) is 5.40. The molecule has 1 aliphatic heterocycles. The van der Waals surface area contributed by atoms with Crippen LogP contribution in [0, 0.1) is 6.92 Å². The first-order valence-electron chi connectivity index (χ1n) is 11.6. The molecule has 0 radical (unpaired) electrons. The highest BCUT2D eigenvalue weighted by Crippen LogP contribution is 2.31. The maximum absolute atomic E-state index is 12.3. The van der Waals surface area contributed by atoms with Crippen LogP contribution in [0.4, 0.5) is 0 Å². The number of likely N-dealkylation sites (tertiary alicyclic amines) is 1. The third-order valence-electron chi connectivity index (χ3n) is 5.88. The van der Waals surface area contributed by atoms with Gasteiger partial charge in [-0.25, -0.2) is 0 Å². The number of nitrogens with zero attached hydrogens (tertiary/aromatic N) is 1. The summed E-state index contributed by atoms with van der Waals surface area (Å²) in [4.78, 5) is 24.8. The van der Waals surface area contributed by atoms with Crippen LogP contribution in [0.5, 0.6) is 11.5 Å². The minimum absolute atomic E-state index is 0.0315. The zero-order valence-corrected chi connectivity index (χ0v) is 19.2. The van der Waals surface area contributed by atoms with E-state index in [-0.39, 0.29) is 18.4 Å². The molecule has 0 spiro atoms. The molecule has 2 aromatic rings. The van der Waals surface area contributed by atoms with Crippen LogP contribution >= 0.6 is 0 Å². The zero-order chi connectivity index (χ0) is 23.6. The Hall–Kier alpha value is -3.12. The molecular formula is C27H33NO5. The lowest BCUT2D eigenvalue weighted by molar-refractivity contribution is -0.137. The van der Waals surface area contributed by atoms with E-state index in [9.17, 15) is 14.7 Å². The van der Waals surface area contributed by atoms with Crippen LogP contribution in [0.3, 0.4) is 0 Å². The smallest absolute Gasteiger partial charge is 0.303 e. The Kier molecular flexibility index (Phi) is 9.07. The highest BCUT2D eigenvalue weighted by Gasteiger charge is 2.28. The number of carboxylic acids is 1. The third kappa shape index (κ3) is 7.46. The lowest BCUT2D eigenvalue weighted by Gasteiger charge is -2.23. The van der Waals surface area contributed by atoms with Gasteiger partial charge in [0.15, 0.2) is 0 Å². The number of carbonyl (C=O) groups excluding carboxylic acids is 1. The minimum Gasteiger partial charge on any atom is -0.481 e. The number of carbonyl (C=O) groups is 2. The Labute approximate surface area is 195 Å². The summed E-state index contributed by atoms with van der Waals surface area (Å²) in [6.45, 7) is 2.66. The van der Waals surface area contributed by atoms with Crippen LogP contribution in [0.2, 0.25) is 0 Å². The summed E-state index contributed by atoms with van der Waals surface area (Å²) in [5.41, 5.74) is 1.77. The van der Waals surface area contributed by atoms with Crippen molar-refractivity contribution < 1.29 is 24.5 Å². The molecule has 3 rings (SSSR count). The van der Waals surface area contributed by atoms with Crippen molar-refractivity contribution in [3.8, 4) is 11.5 Å². The van der Waals surface area contributed by atoms with E-state index in [4.69, 9.17) is 9.84 Å². The molecular weight excluding hydrogens is 418 g/mol. The topological polar surface area (TPSA) is 87.1 Å². The molecule has 0 saturated carbocycles. The molecule has 0 bridgehead atoms. The van der Waals surface area contributed by atoms with E-state index in [0.717, 1.165) is 37.0 Å². The molecule has 33 heavy (non-hydrogen) atoms. The molecule has 2 atom stereocenters. The normalized spacial score (nSPS) is 17.0. The lowest BCUT2D eigenvalue weighted by atomic mass is 10.1. The van der Waals surface area contributed by atoms with E-state index in [1.165, 1.54) is 0 Å². The number of carboxylic acid groups (broad SMARTS) is 1. The number of unbranched alkanes of at least 4 members (excludes halogenated alkanes) is 3. The van der Waals surface area contributed by atoms with Gasteiger partial charge in [0.1, 0.15) is 17.6 Å². The molecule has 1 saturated heterocycles. The van der Waals surface area contributed by atoms with Gasteiger partial charge in [-0.05, 0) is 49.9 Å². The number of aliphatic carboxylic acids is 1. The van der Waals surface area contributed by atoms with Crippen molar-refractivity contribution in [2.45, 2.75) is 64.0 Å². The van der Waals surface area contributed by atoms with Gasteiger partial charge >= 0.3 is 5.97 Å². The van der Waals surface area contributed by atoms with Gasteiger partial charge in [-0.1, -0.05) is 55.3 Å². The van der Waals surface area contributed by atoms with Crippen LogP contribution < -0.4 is 4.74 Å². The minimum atomic E-state index is -0.848. The number of rotatable bonds is 12. The van der Waals surface area contributed by atoms with Crippen LogP contribution in [0.15, 0.2) is 60.7 Å². The second kappa shape index (κ2) is 12.2. The number of para-hydroxylation sites is 1. The van der Waals surface area contributed by atoms with Gasteiger partial charge in [0.25, 0.3) is 0 Å². The highest BCUT2D eigenvalue weighted by atomic mass is 16.5. The Morgan fingerprint density at radius 1 is 1.15 bits per heavy atom. The molecule has 1 aliphatic rings. The Morgan fingerprint density at radius 3 is 2.73 bits per heavy atom. The quantitative estimate of drug-likeness (QED) is 0.333. The molecule has 0 aliphatic carbocycles. The number of benzene rings is 2. The number of aliphatic hydroxyl groups excluding tert-OH is 1. The van der Waals surface area contributed by atoms with Crippen molar-refractivity contribution >= 4 is 11.9 Å². The highest BCUT2D eigenvalue weighted by molar-refractivity contribution is 5.79. The molecule has 2 unspecified atom stereocenters. The van der Waals surface area contributed by atoms with Gasteiger partial charge in [0, 0.05) is 24.9 Å². The van der Waals surface area contributed by atoms with Gasteiger partial charge in [-0.3, -0.25) is 9.59 Å². The van der Waals surface area contributed by atoms with Crippen LogP contribution in [-0.2, 0) is 9.59 Å². The number of aliphatic hydroxyl groups is 1. The van der Waals surface area contributed by atoms with Crippen molar-refractivity contribution in [2.75, 3.05) is 6.54 Å². The van der Waals surface area contributed by atoms with Gasteiger partial charge < -0.3 is 19.8 Å². The van der Waals surface area contributed by atoms with E-state index < -0.39 is 12.1 Å². The zero-order valence-electron chi connectivity index (χ0n) is 19.2. The molecule has 6 heteroatoms. The van der Waals surface area contributed by atoms with E-state index >= 15 is 0 Å². The van der Waals surface area contributed by atoms with E-state index in [0.29, 0.717) is 30.7 Å². The van der Waals surface area contributed by atoms with Crippen molar-refractivity contribution in [2.24, 2.45) is 0 Å². The van der Waals surface area contributed by atoms with Gasteiger partial charge in [0.2, 0.25) is 5.91 Å². The first kappa shape index (κ1) is 24.5. The molecule has 1 amide bonds. The molecule has 1 fully saturated rings. The molecule has 6 nitrogen and oxygen atoms in total. The fourth-order valence-electron chi connectivity index (χ4n) is 4.12. The monoisotopic (exact) mass is 451 g/mol. The second-order valence-electron chi connectivity index (χ2n) is 8.54. The van der Waals surface area contributed by atoms with E-state index in [2.05, 4.69) is 0 Å². The summed E-state index contributed by atoms with van der Waals surface area (Å²) < 4.78 is 6.03. The van der Waals surface area contributed by atoms with Crippen LogP contribution in [-0.4, -0.2) is 39.6 Å². The maximum Gasteiger partial charge on any atom is 0.303 e. The third-order valence-corrected chi connectivity index (χ3v) is 5.88. The van der Waals surface area contributed by atoms with Crippen LogP contribution in [0.1, 0.15) is 62.2 Å². The Balaban J connectivity index is 1.58. The molecule has 2 aromatic carbocycles. The number of hydrogen-bond donors (Lipinski definition) is 2. The van der Waals surface area contributed by atoms with Gasteiger partial charge in [-0.15, -0.1) is 0 Å². The number of amides is 1. The number of ether oxygens (including phenoxy) is 1. The summed E-state index contributed by atoms with van der Waals surface area (Å²) >= 11 is 0. The first-order chi connectivity index (χ1) is 15.9. The standard InChI is InChI=1S/C27H33NO5/c1-20-9-8-10-22(19-20)33-25-12-6-5-11-23(25)24(29)16-14-21-15-17-26(30)28(21)18-7-3-2-4-13-27(31)32/h5-6,8-12,14,16,19,21,24,29H,2-4,7,13,15,17-18H2,1H3,(H,31,32). The summed E-state index contributed by atoms with van der Waals surface area (Å²) in [6, 6.07) is 15.2. The molecule has 2 N–H and O–H groups in total. The molecule has 176 valence electrons. The van der Waals surface area contributed by atoms with Crippen molar-refractivity contribution in [3.63, 3.8) is 0 Å². The summed E-state index contributed by atoms with van der Waals surface area (Å²) in [5.74, 6) is 0.683. The second-order valence-corrected chi connectivity index (χ2v) is 8.54. The van der Waals surface area contributed by atoms with Crippen LogP contribution in [0.25, 0.3) is 0 Å².